The van der Waals surface area contributed by atoms with Gasteiger partial charge in [0.05, 0.1) is 11.8 Å². The minimum atomic E-state index is -0.374. The normalized spacial score (nSPS) is 13.7. The number of likely N-dealkylation sites (tertiary alicyclic amines) is 1. The second kappa shape index (κ2) is 7.99. The number of amides is 2. The number of nitrogens with one attached hydrogen (secondary N) is 1. The molecule has 1 fully saturated rings. The van der Waals surface area contributed by atoms with Crippen molar-refractivity contribution >= 4 is 17.5 Å². The smallest absolute Gasteiger partial charge is 0.274 e. The molecule has 136 valence electrons. The molecule has 2 heterocycles. The summed E-state index contributed by atoms with van der Waals surface area (Å²) in [6, 6.07) is 10.4. The van der Waals surface area contributed by atoms with Gasteiger partial charge in [0, 0.05) is 24.8 Å². The van der Waals surface area contributed by atoms with Crippen LogP contribution in [0.15, 0.2) is 42.6 Å². The van der Waals surface area contributed by atoms with E-state index in [1.807, 2.05) is 30.9 Å². The zero-order chi connectivity index (χ0) is 18.5. The van der Waals surface area contributed by atoms with Crippen molar-refractivity contribution < 1.29 is 14.3 Å². The Labute approximate surface area is 153 Å². The molecule has 1 N–H and O–H groups in total. The third kappa shape index (κ3) is 4.20. The maximum absolute atomic E-state index is 12.6. The summed E-state index contributed by atoms with van der Waals surface area (Å²) in [5.74, 6) is 0.170. The first-order chi connectivity index (χ1) is 12.5. The Hall–Kier alpha value is -2.89. The number of aromatic nitrogens is 1. The summed E-state index contributed by atoms with van der Waals surface area (Å²) in [6.45, 7) is 5.38. The van der Waals surface area contributed by atoms with Crippen LogP contribution in [-0.4, -0.2) is 40.9 Å². The Bertz CT molecular complexity index is 798. The van der Waals surface area contributed by atoms with Crippen molar-refractivity contribution in [3.8, 4) is 5.75 Å². The molecule has 0 atom stereocenters. The fourth-order valence-electron chi connectivity index (χ4n) is 2.90. The molecule has 0 unspecified atom stereocenters. The largest absolute Gasteiger partial charge is 0.489 e. The van der Waals surface area contributed by atoms with Crippen LogP contribution in [-0.2, 0) is 0 Å². The fraction of sp³-hybridized carbons (Fsp3) is 0.350. The Morgan fingerprint density at radius 2 is 1.88 bits per heavy atom. The number of para-hydroxylation sites is 2. The summed E-state index contributed by atoms with van der Waals surface area (Å²) in [5, 5.41) is 2.82. The van der Waals surface area contributed by atoms with E-state index in [9.17, 15) is 9.59 Å². The Morgan fingerprint density at radius 3 is 2.62 bits per heavy atom. The molecule has 1 saturated heterocycles. The van der Waals surface area contributed by atoms with Crippen LogP contribution in [0.2, 0.25) is 0 Å². The molecular formula is C20H23N3O3. The summed E-state index contributed by atoms with van der Waals surface area (Å²) in [6.07, 6.45) is 3.54. The van der Waals surface area contributed by atoms with Crippen LogP contribution in [0.1, 0.15) is 47.5 Å². The van der Waals surface area contributed by atoms with E-state index in [4.69, 9.17) is 4.74 Å². The van der Waals surface area contributed by atoms with Crippen LogP contribution in [0, 0.1) is 0 Å². The molecule has 1 aromatic carbocycles. The number of hydrogen-bond donors (Lipinski definition) is 1. The molecule has 6 heteroatoms. The van der Waals surface area contributed by atoms with Crippen LogP contribution < -0.4 is 10.1 Å². The van der Waals surface area contributed by atoms with Gasteiger partial charge in [-0.15, -0.1) is 0 Å². The molecule has 6 nitrogen and oxygen atoms in total. The van der Waals surface area contributed by atoms with Crippen LogP contribution in [0.5, 0.6) is 5.75 Å². The lowest BCUT2D eigenvalue weighted by Gasteiger charge is -2.16. The Kier molecular flexibility index (Phi) is 5.51. The van der Waals surface area contributed by atoms with E-state index < -0.39 is 0 Å². The van der Waals surface area contributed by atoms with Crippen molar-refractivity contribution in [3.05, 3.63) is 53.9 Å². The van der Waals surface area contributed by atoms with Gasteiger partial charge in [-0.25, -0.2) is 0 Å². The number of ether oxygens (including phenoxy) is 1. The van der Waals surface area contributed by atoms with Crippen molar-refractivity contribution in [2.24, 2.45) is 0 Å². The second-order valence-electron chi connectivity index (χ2n) is 6.55. The average Bonchev–Trinajstić information content (AvgIpc) is 3.17. The third-order valence-electron chi connectivity index (χ3n) is 4.13. The van der Waals surface area contributed by atoms with Crippen molar-refractivity contribution in [1.29, 1.82) is 0 Å². The van der Waals surface area contributed by atoms with E-state index in [1.165, 1.54) is 6.20 Å². The highest BCUT2D eigenvalue weighted by atomic mass is 16.5. The van der Waals surface area contributed by atoms with Crippen molar-refractivity contribution in [1.82, 2.24) is 9.88 Å². The zero-order valence-corrected chi connectivity index (χ0v) is 15.1. The SMILES string of the molecule is CC(C)Oc1ccccc1NC(=O)c1cc(C(=O)N2CCCC2)ccn1. The van der Waals surface area contributed by atoms with Gasteiger partial charge in [0.1, 0.15) is 11.4 Å². The predicted molar refractivity (Wildman–Crippen MR) is 99.5 cm³/mol. The lowest BCUT2D eigenvalue weighted by atomic mass is 10.2. The van der Waals surface area contributed by atoms with Gasteiger partial charge in [0.2, 0.25) is 0 Å². The van der Waals surface area contributed by atoms with E-state index in [-0.39, 0.29) is 23.6 Å². The topological polar surface area (TPSA) is 71.5 Å². The lowest BCUT2D eigenvalue weighted by Crippen LogP contribution is -2.28. The maximum Gasteiger partial charge on any atom is 0.274 e. The van der Waals surface area contributed by atoms with Gasteiger partial charge in [0.25, 0.3) is 11.8 Å². The van der Waals surface area contributed by atoms with Gasteiger partial charge in [-0.3, -0.25) is 14.6 Å². The van der Waals surface area contributed by atoms with Crippen LogP contribution >= 0.6 is 0 Å². The quantitative estimate of drug-likeness (QED) is 0.895. The average molecular weight is 353 g/mol. The molecule has 26 heavy (non-hydrogen) atoms. The molecule has 1 aliphatic rings. The highest BCUT2D eigenvalue weighted by Crippen LogP contribution is 2.25. The van der Waals surface area contributed by atoms with Crippen LogP contribution in [0.4, 0.5) is 5.69 Å². The fourth-order valence-corrected chi connectivity index (χ4v) is 2.90. The van der Waals surface area contributed by atoms with Crippen molar-refractivity contribution in [2.45, 2.75) is 32.8 Å². The number of hydrogen-bond acceptors (Lipinski definition) is 4. The van der Waals surface area contributed by atoms with Gasteiger partial charge >= 0.3 is 0 Å². The van der Waals surface area contributed by atoms with Gasteiger partial charge in [-0.05, 0) is 51.0 Å². The number of rotatable bonds is 5. The van der Waals surface area contributed by atoms with Gasteiger partial charge in [0.15, 0.2) is 0 Å². The number of anilines is 1. The number of pyridine rings is 1. The molecule has 0 aliphatic carbocycles. The highest BCUT2D eigenvalue weighted by Gasteiger charge is 2.21. The van der Waals surface area contributed by atoms with E-state index in [2.05, 4.69) is 10.3 Å². The summed E-state index contributed by atoms with van der Waals surface area (Å²) in [7, 11) is 0. The monoisotopic (exact) mass is 353 g/mol. The molecule has 0 bridgehead atoms. The molecule has 0 radical (unpaired) electrons. The first-order valence-electron chi connectivity index (χ1n) is 8.87. The molecule has 2 amide bonds. The van der Waals surface area contributed by atoms with E-state index in [1.54, 1.807) is 24.3 Å². The summed E-state index contributed by atoms with van der Waals surface area (Å²) >= 11 is 0. The zero-order valence-electron chi connectivity index (χ0n) is 15.1. The maximum atomic E-state index is 12.6. The molecule has 0 spiro atoms. The minimum Gasteiger partial charge on any atom is -0.489 e. The summed E-state index contributed by atoms with van der Waals surface area (Å²) in [5.41, 5.74) is 1.26. The number of benzene rings is 1. The lowest BCUT2D eigenvalue weighted by molar-refractivity contribution is 0.0792. The molecule has 2 aromatic rings. The molecule has 3 rings (SSSR count). The van der Waals surface area contributed by atoms with Gasteiger partial charge < -0.3 is 15.0 Å². The van der Waals surface area contributed by atoms with Crippen molar-refractivity contribution in [2.75, 3.05) is 18.4 Å². The molecular weight excluding hydrogens is 330 g/mol. The molecule has 1 aromatic heterocycles. The van der Waals surface area contributed by atoms with Crippen LogP contribution in [0.3, 0.4) is 0 Å². The van der Waals surface area contributed by atoms with Gasteiger partial charge in [-0.1, -0.05) is 12.1 Å². The summed E-state index contributed by atoms with van der Waals surface area (Å²) in [4.78, 5) is 31.0. The number of nitrogens with zero attached hydrogens (tertiary/aromatic N) is 2. The van der Waals surface area contributed by atoms with Gasteiger partial charge in [-0.2, -0.15) is 0 Å². The Morgan fingerprint density at radius 1 is 1.15 bits per heavy atom. The predicted octanol–water partition coefficient (Wildman–Crippen LogP) is 3.36. The summed E-state index contributed by atoms with van der Waals surface area (Å²) < 4.78 is 5.72. The molecule has 1 aliphatic heterocycles. The Balaban J connectivity index is 1.76. The van der Waals surface area contributed by atoms with E-state index in [0.29, 0.717) is 17.0 Å². The third-order valence-corrected chi connectivity index (χ3v) is 4.13. The first-order valence-corrected chi connectivity index (χ1v) is 8.87. The van der Waals surface area contributed by atoms with Crippen molar-refractivity contribution in [3.63, 3.8) is 0 Å². The van der Waals surface area contributed by atoms with Crippen LogP contribution in [0.25, 0.3) is 0 Å². The first kappa shape index (κ1) is 17.9. The standard InChI is InChI=1S/C20H23N3O3/c1-14(2)26-18-8-4-3-7-16(18)22-19(24)17-13-15(9-10-21-17)20(25)23-11-5-6-12-23/h3-4,7-10,13-14H,5-6,11-12H2,1-2H3,(H,22,24). The number of carbonyl (C=O) groups excluding carboxylic acids is 2. The molecule has 0 saturated carbocycles. The second-order valence-corrected chi connectivity index (χ2v) is 6.55. The van der Waals surface area contributed by atoms with E-state index >= 15 is 0 Å². The van der Waals surface area contributed by atoms with E-state index in [0.717, 1.165) is 25.9 Å². The number of carbonyl (C=O) groups is 2. The highest BCUT2D eigenvalue weighted by molar-refractivity contribution is 6.05. The minimum absolute atomic E-state index is 0.00686.